The maximum absolute atomic E-state index is 12.8. The van der Waals surface area contributed by atoms with Crippen LogP contribution in [0.15, 0.2) is 49.7 Å². The number of alkyl halides is 2. The summed E-state index contributed by atoms with van der Waals surface area (Å²) in [5.41, 5.74) is 2.10. The first kappa shape index (κ1) is 23.1. The molecule has 2 fully saturated rings. The minimum absolute atomic E-state index is 0.0984. The number of halogens is 2. The number of aromatic nitrogens is 5. The highest BCUT2D eigenvalue weighted by Gasteiger charge is 2.46. The van der Waals surface area contributed by atoms with Crippen LogP contribution in [-0.4, -0.2) is 79.4 Å². The minimum Gasteiger partial charge on any atom is -0.377 e. The monoisotopic (exact) mass is 481 g/mol. The Kier molecular flexibility index (Phi) is 6.06. The normalized spacial score (nSPS) is 18.3. The Morgan fingerprint density at radius 2 is 2.23 bits per heavy atom. The van der Waals surface area contributed by atoms with Crippen LogP contribution in [0.25, 0.3) is 22.6 Å². The van der Waals surface area contributed by atoms with Crippen LogP contribution in [0.1, 0.15) is 12.1 Å². The zero-order valence-corrected chi connectivity index (χ0v) is 19.0. The number of imidazole rings is 1. The number of hydrogen-bond acceptors (Lipinski definition) is 8. The number of nitriles is 1. The van der Waals surface area contributed by atoms with Gasteiger partial charge < -0.3 is 9.75 Å². The molecule has 0 atom stereocenters. The van der Waals surface area contributed by atoms with Gasteiger partial charge in [-0.3, -0.25) is 14.0 Å². The number of nitrogens with two attached hydrogens (primary N) is 1. The molecule has 0 amide bonds. The van der Waals surface area contributed by atoms with E-state index in [1.807, 2.05) is 10.5 Å². The van der Waals surface area contributed by atoms with E-state index in [-0.39, 0.29) is 19.0 Å². The van der Waals surface area contributed by atoms with Crippen molar-refractivity contribution in [2.45, 2.75) is 24.4 Å². The van der Waals surface area contributed by atoms with E-state index in [1.165, 1.54) is 0 Å². The molecule has 0 spiro atoms. The van der Waals surface area contributed by atoms with Gasteiger partial charge in [0.25, 0.3) is 6.43 Å². The van der Waals surface area contributed by atoms with Crippen molar-refractivity contribution in [1.29, 1.82) is 5.26 Å². The zero-order valence-electron chi connectivity index (χ0n) is 19.0. The third-order valence-corrected chi connectivity index (χ3v) is 6.40. The van der Waals surface area contributed by atoms with Gasteiger partial charge in [-0.25, -0.2) is 24.6 Å². The molecule has 0 unspecified atom stereocenters. The second-order valence-electron chi connectivity index (χ2n) is 8.84. The van der Waals surface area contributed by atoms with Gasteiger partial charge in [0, 0.05) is 49.5 Å². The number of likely N-dealkylation sites (tertiary alicyclic amines) is 1. The van der Waals surface area contributed by atoms with Gasteiger partial charge in [-0.2, -0.15) is 10.4 Å². The topological polar surface area (TPSA) is 114 Å². The van der Waals surface area contributed by atoms with E-state index in [1.54, 1.807) is 51.7 Å². The summed E-state index contributed by atoms with van der Waals surface area (Å²) in [6.07, 6.45) is 8.17. The summed E-state index contributed by atoms with van der Waals surface area (Å²) in [5, 5.41) is 15.5. The lowest BCUT2D eigenvalue weighted by Gasteiger charge is -2.48. The van der Waals surface area contributed by atoms with Crippen molar-refractivity contribution in [2.24, 2.45) is 5.84 Å². The standard InChI is InChI=1S/C23H25F2N9O/c1-2-16(9-33(27)18-12-35-13-18)19-7-21-28-5-6-32(21)22(30-19)17-8-29-34(10-17)23(3-4-26)14-31(15-23)11-20(24)25/h2,5-10,18,20H,1,3,11-15,27H2/b16-9+. The molecule has 12 heteroatoms. The van der Waals surface area contributed by atoms with Crippen molar-refractivity contribution >= 4 is 11.2 Å². The van der Waals surface area contributed by atoms with E-state index in [0.29, 0.717) is 49.0 Å². The molecule has 0 bridgehead atoms. The molecular formula is C23H25F2N9O. The molecule has 2 N–H and O–H groups in total. The number of nitrogens with zero attached hydrogens (tertiary/aromatic N) is 8. The fourth-order valence-corrected chi connectivity index (χ4v) is 4.45. The smallest absolute Gasteiger partial charge is 0.251 e. The molecule has 3 aromatic rings. The average molecular weight is 482 g/mol. The second-order valence-corrected chi connectivity index (χ2v) is 8.84. The summed E-state index contributed by atoms with van der Waals surface area (Å²) in [4.78, 5) is 10.9. The largest absolute Gasteiger partial charge is 0.377 e. The Morgan fingerprint density at radius 1 is 1.43 bits per heavy atom. The fraction of sp³-hybridized carbons (Fsp3) is 0.391. The highest BCUT2D eigenvalue weighted by atomic mass is 19.3. The van der Waals surface area contributed by atoms with E-state index in [9.17, 15) is 14.0 Å². The van der Waals surface area contributed by atoms with E-state index in [0.717, 1.165) is 5.57 Å². The van der Waals surface area contributed by atoms with E-state index in [4.69, 9.17) is 15.6 Å². The van der Waals surface area contributed by atoms with Crippen LogP contribution in [0.2, 0.25) is 0 Å². The third-order valence-electron chi connectivity index (χ3n) is 6.40. The predicted molar refractivity (Wildman–Crippen MR) is 124 cm³/mol. The van der Waals surface area contributed by atoms with Crippen LogP contribution in [0.4, 0.5) is 8.78 Å². The molecular weight excluding hydrogens is 456 g/mol. The zero-order chi connectivity index (χ0) is 24.6. The second kappa shape index (κ2) is 9.18. The van der Waals surface area contributed by atoms with Gasteiger partial charge in [0.2, 0.25) is 0 Å². The Bertz CT molecular complexity index is 1300. The summed E-state index contributed by atoms with van der Waals surface area (Å²) in [6, 6.07) is 4.12. The first-order valence-corrected chi connectivity index (χ1v) is 11.1. The van der Waals surface area contributed by atoms with Crippen LogP contribution in [-0.2, 0) is 10.3 Å². The minimum atomic E-state index is -2.42. The lowest BCUT2D eigenvalue weighted by Crippen LogP contribution is -2.63. The lowest BCUT2D eigenvalue weighted by molar-refractivity contribution is -0.0488. The van der Waals surface area contributed by atoms with Crippen molar-refractivity contribution < 1.29 is 13.5 Å². The Morgan fingerprint density at radius 3 is 2.89 bits per heavy atom. The van der Waals surface area contributed by atoms with Crippen molar-refractivity contribution in [3.8, 4) is 17.5 Å². The summed E-state index contributed by atoms with van der Waals surface area (Å²) in [6.45, 7) is 5.39. The van der Waals surface area contributed by atoms with E-state index >= 15 is 0 Å². The Balaban J connectivity index is 1.49. The highest BCUT2D eigenvalue weighted by Crippen LogP contribution is 2.34. The third kappa shape index (κ3) is 4.29. The van der Waals surface area contributed by atoms with E-state index in [2.05, 4.69) is 22.7 Å². The summed E-state index contributed by atoms with van der Waals surface area (Å²) in [5.74, 6) is 6.76. The molecule has 0 aliphatic carbocycles. The summed E-state index contributed by atoms with van der Waals surface area (Å²) < 4.78 is 34.3. The molecule has 35 heavy (non-hydrogen) atoms. The molecule has 10 nitrogen and oxygen atoms in total. The molecule has 2 aliphatic rings. The number of hydrazine groups is 1. The van der Waals surface area contributed by atoms with Gasteiger partial charge in [0.05, 0.1) is 55.7 Å². The average Bonchev–Trinajstić information content (AvgIpc) is 3.43. The van der Waals surface area contributed by atoms with Crippen LogP contribution in [0.5, 0.6) is 0 Å². The number of fused-ring (bicyclic) bond motifs is 1. The van der Waals surface area contributed by atoms with Gasteiger partial charge >= 0.3 is 0 Å². The van der Waals surface area contributed by atoms with Crippen LogP contribution < -0.4 is 5.84 Å². The number of rotatable bonds is 9. The quantitative estimate of drug-likeness (QED) is 0.280. The molecule has 0 saturated carbocycles. The van der Waals surface area contributed by atoms with Crippen molar-refractivity contribution in [3.63, 3.8) is 0 Å². The van der Waals surface area contributed by atoms with Crippen LogP contribution in [0.3, 0.4) is 0 Å². The van der Waals surface area contributed by atoms with E-state index < -0.39 is 12.0 Å². The summed E-state index contributed by atoms with van der Waals surface area (Å²) in [7, 11) is 0. The number of allylic oxidation sites excluding steroid dienone is 2. The van der Waals surface area contributed by atoms with Crippen LogP contribution in [0, 0.1) is 11.3 Å². The number of hydrogen-bond donors (Lipinski definition) is 1. The predicted octanol–water partition coefficient (Wildman–Crippen LogP) is 1.88. The van der Waals surface area contributed by atoms with Gasteiger partial charge in [-0.05, 0) is 0 Å². The molecule has 0 radical (unpaired) electrons. The van der Waals surface area contributed by atoms with Gasteiger partial charge in [0.1, 0.15) is 17.0 Å². The first-order chi connectivity index (χ1) is 16.9. The Labute approximate surface area is 200 Å². The molecule has 5 heterocycles. The molecule has 0 aromatic carbocycles. The van der Waals surface area contributed by atoms with Crippen molar-refractivity contribution in [3.05, 3.63) is 55.4 Å². The summed E-state index contributed by atoms with van der Waals surface area (Å²) >= 11 is 0. The fourth-order valence-electron chi connectivity index (χ4n) is 4.45. The van der Waals surface area contributed by atoms with Gasteiger partial charge in [-0.1, -0.05) is 12.7 Å². The van der Waals surface area contributed by atoms with Gasteiger partial charge in [-0.15, -0.1) is 0 Å². The maximum Gasteiger partial charge on any atom is 0.251 e. The Hall–Kier alpha value is -3.66. The lowest BCUT2D eigenvalue weighted by atomic mass is 9.87. The highest BCUT2D eigenvalue weighted by molar-refractivity contribution is 5.74. The number of ether oxygens (including phenoxy) is 1. The van der Waals surface area contributed by atoms with Crippen molar-refractivity contribution in [2.75, 3.05) is 32.8 Å². The molecule has 5 rings (SSSR count). The first-order valence-electron chi connectivity index (χ1n) is 11.1. The van der Waals surface area contributed by atoms with Crippen LogP contribution >= 0.6 is 0 Å². The van der Waals surface area contributed by atoms with Gasteiger partial charge in [0.15, 0.2) is 0 Å². The van der Waals surface area contributed by atoms with Crippen molar-refractivity contribution in [1.82, 2.24) is 34.1 Å². The molecule has 3 aromatic heterocycles. The molecule has 2 aliphatic heterocycles. The molecule has 182 valence electrons. The SMILES string of the molecule is C=C/C(=C\N(N)C1COC1)c1cc2nccn2c(-c2cnn(C3(CC#N)CN(CC(F)F)C3)c2)n1. The maximum atomic E-state index is 12.8. The molecule has 2 saturated heterocycles.